The van der Waals surface area contributed by atoms with Gasteiger partial charge >= 0.3 is 0 Å². The van der Waals surface area contributed by atoms with E-state index in [0.29, 0.717) is 18.3 Å². The molecule has 0 bridgehead atoms. The quantitative estimate of drug-likeness (QED) is 0.826. The van der Waals surface area contributed by atoms with Crippen LogP contribution >= 0.6 is 0 Å². The lowest BCUT2D eigenvalue weighted by Crippen LogP contribution is -2.14. The summed E-state index contributed by atoms with van der Waals surface area (Å²) in [4.78, 5) is 8.66. The van der Waals surface area contributed by atoms with Crippen molar-refractivity contribution in [3.8, 4) is 0 Å². The molecule has 1 aliphatic carbocycles. The Morgan fingerprint density at radius 1 is 1.58 bits per heavy atom. The van der Waals surface area contributed by atoms with E-state index in [1.165, 1.54) is 25.3 Å². The zero-order valence-corrected chi connectivity index (χ0v) is 11.5. The van der Waals surface area contributed by atoms with Crippen molar-refractivity contribution in [1.29, 1.82) is 0 Å². The van der Waals surface area contributed by atoms with Crippen molar-refractivity contribution < 1.29 is 4.39 Å². The predicted molar refractivity (Wildman–Crippen MR) is 76.2 cm³/mol. The zero-order chi connectivity index (χ0) is 13.7. The van der Waals surface area contributed by atoms with Gasteiger partial charge in [-0.1, -0.05) is 6.42 Å². The van der Waals surface area contributed by atoms with Gasteiger partial charge in [-0.3, -0.25) is 9.98 Å². The van der Waals surface area contributed by atoms with Gasteiger partial charge in [0.1, 0.15) is 11.5 Å². The van der Waals surface area contributed by atoms with Crippen LogP contribution in [0, 0.1) is 0 Å². The molecule has 0 atom stereocenters. The van der Waals surface area contributed by atoms with E-state index in [-0.39, 0.29) is 5.83 Å². The smallest absolute Gasteiger partial charge is 0.144 e. The first-order valence-corrected chi connectivity index (χ1v) is 6.73. The highest BCUT2D eigenvalue weighted by Gasteiger charge is 2.21. The third kappa shape index (κ3) is 3.26. The van der Waals surface area contributed by atoms with E-state index < -0.39 is 0 Å². The van der Waals surface area contributed by atoms with Crippen LogP contribution in [0.3, 0.4) is 0 Å². The molecule has 1 saturated carbocycles. The molecule has 0 amide bonds. The molecular weight excluding hydrogens is 241 g/mol. The van der Waals surface area contributed by atoms with E-state index in [0.717, 1.165) is 11.3 Å². The van der Waals surface area contributed by atoms with Gasteiger partial charge in [-0.15, -0.1) is 0 Å². The lowest BCUT2D eigenvalue weighted by Gasteiger charge is -2.25. The monoisotopic (exact) mass is 261 g/mol. The number of nitrogens with one attached hydrogen (secondary N) is 1. The molecule has 1 heterocycles. The van der Waals surface area contributed by atoms with E-state index in [1.807, 2.05) is 12.1 Å². The third-order valence-corrected chi connectivity index (χ3v) is 3.45. The summed E-state index contributed by atoms with van der Waals surface area (Å²) >= 11 is 0. The lowest BCUT2D eigenvalue weighted by atomic mass is 9.82. The molecule has 0 aliphatic heterocycles. The minimum absolute atomic E-state index is 0.291. The van der Waals surface area contributed by atoms with Gasteiger partial charge in [0.15, 0.2) is 0 Å². The molecule has 1 aromatic heterocycles. The van der Waals surface area contributed by atoms with Gasteiger partial charge in [-0.05, 0) is 45.0 Å². The molecule has 0 saturated heterocycles. The second kappa shape index (κ2) is 6.57. The Hall–Kier alpha value is -1.55. The van der Waals surface area contributed by atoms with E-state index in [9.17, 15) is 4.39 Å². The van der Waals surface area contributed by atoms with Crippen LogP contribution in [0.2, 0.25) is 0 Å². The van der Waals surface area contributed by atoms with E-state index in [2.05, 4.69) is 15.3 Å². The van der Waals surface area contributed by atoms with Crippen molar-refractivity contribution in [1.82, 2.24) is 10.3 Å². The number of halogens is 1. The highest BCUT2D eigenvalue weighted by Crippen LogP contribution is 2.35. The predicted octanol–water partition coefficient (Wildman–Crippen LogP) is 3.19. The minimum Gasteiger partial charge on any atom is -0.301 e. The van der Waals surface area contributed by atoms with Gasteiger partial charge in [-0.25, -0.2) is 4.39 Å². The molecule has 3 nitrogen and oxygen atoms in total. The Morgan fingerprint density at radius 2 is 2.37 bits per heavy atom. The van der Waals surface area contributed by atoms with Crippen molar-refractivity contribution in [2.75, 3.05) is 13.7 Å². The Labute approximate surface area is 113 Å². The molecule has 4 heteroatoms. The summed E-state index contributed by atoms with van der Waals surface area (Å²) in [5, 5.41) is 2.91. The van der Waals surface area contributed by atoms with E-state index in [4.69, 9.17) is 0 Å². The van der Waals surface area contributed by atoms with Gasteiger partial charge in [0.2, 0.25) is 0 Å². The average molecular weight is 261 g/mol. The van der Waals surface area contributed by atoms with Crippen LogP contribution in [-0.2, 0) is 0 Å². The molecule has 19 heavy (non-hydrogen) atoms. The van der Waals surface area contributed by atoms with Gasteiger partial charge in [0.25, 0.3) is 0 Å². The zero-order valence-electron chi connectivity index (χ0n) is 11.5. The fourth-order valence-corrected chi connectivity index (χ4v) is 2.12. The third-order valence-electron chi connectivity index (χ3n) is 3.45. The molecule has 0 unspecified atom stereocenters. The van der Waals surface area contributed by atoms with Crippen LogP contribution in [0.4, 0.5) is 4.39 Å². The van der Waals surface area contributed by atoms with Crippen molar-refractivity contribution >= 4 is 5.71 Å². The maximum atomic E-state index is 13.9. The molecular formula is C15H20FN3. The Kier molecular flexibility index (Phi) is 4.80. The van der Waals surface area contributed by atoms with Crippen LogP contribution in [0.25, 0.3) is 0 Å². The molecule has 1 fully saturated rings. The van der Waals surface area contributed by atoms with Crippen molar-refractivity contribution in [3.63, 3.8) is 0 Å². The first kappa shape index (κ1) is 13.9. The first-order valence-electron chi connectivity index (χ1n) is 6.73. The van der Waals surface area contributed by atoms with Crippen molar-refractivity contribution in [2.24, 2.45) is 4.99 Å². The van der Waals surface area contributed by atoms with Crippen molar-refractivity contribution in [3.05, 3.63) is 41.5 Å². The molecule has 1 N–H and O–H groups in total. The molecule has 0 radical (unpaired) electrons. The van der Waals surface area contributed by atoms with Gasteiger partial charge in [-0.2, -0.15) is 0 Å². The number of allylic oxidation sites excluding steroid dienone is 2. The van der Waals surface area contributed by atoms with Crippen LogP contribution in [0.1, 0.15) is 43.4 Å². The summed E-state index contributed by atoms with van der Waals surface area (Å²) in [6.07, 6.45) is 6.83. The van der Waals surface area contributed by atoms with Crippen LogP contribution < -0.4 is 5.32 Å². The number of aromatic nitrogens is 1. The fourth-order valence-electron chi connectivity index (χ4n) is 2.12. The molecule has 102 valence electrons. The number of nitrogens with zero attached hydrogens (tertiary/aromatic N) is 2. The van der Waals surface area contributed by atoms with Crippen LogP contribution in [-0.4, -0.2) is 24.4 Å². The molecule has 0 spiro atoms. The number of pyridine rings is 1. The second-order valence-corrected chi connectivity index (χ2v) is 4.75. The second-order valence-electron chi connectivity index (χ2n) is 4.75. The summed E-state index contributed by atoms with van der Waals surface area (Å²) < 4.78 is 13.9. The van der Waals surface area contributed by atoms with Gasteiger partial charge in [0, 0.05) is 23.4 Å². The standard InChI is InChI=1S/C15H20FN3/c1-3-13(16)15(19-10-17-2)12-7-8-18-14(9-12)11-5-4-6-11/h3,7-9,11,17H,4-6,10H2,1-2H3/b13-3+,19-15-. The lowest BCUT2D eigenvalue weighted by molar-refractivity contribution is 0.411. The Balaban J connectivity index is 2.30. The van der Waals surface area contributed by atoms with E-state index >= 15 is 0 Å². The Morgan fingerprint density at radius 3 is 2.95 bits per heavy atom. The fraction of sp³-hybridized carbons (Fsp3) is 0.467. The average Bonchev–Trinajstić information content (AvgIpc) is 2.37. The topological polar surface area (TPSA) is 37.3 Å². The first-order chi connectivity index (χ1) is 9.26. The Bertz CT molecular complexity index is 490. The number of hydrogen-bond acceptors (Lipinski definition) is 3. The summed E-state index contributed by atoms with van der Waals surface area (Å²) in [6.45, 7) is 2.08. The number of hydrogen-bond donors (Lipinski definition) is 1. The summed E-state index contributed by atoms with van der Waals surface area (Å²) in [5.74, 6) is 0.250. The maximum absolute atomic E-state index is 13.9. The maximum Gasteiger partial charge on any atom is 0.144 e. The highest BCUT2D eigenvalue weighted by molar-refractivity contribution is 6.11. The summed E-state index contributed by atoms with van der Waals surface area (Å²) in [6, 6.07) is 3.79. The highest BCUT2D eigenvalue weighted by atomic mass is 19.1. The van der Waals surface area contributed by atoms with Crippen molar-refractivity contribution in [2.45, 2.75) is 32.1 Å². The molecule has 1 aliphatic rings. The largest absolute Gasteiger partial charge is 0.301 e. The van der Waals surface area contributed by atoms with E-state index in [1.54, 1.807) is 20.2 Å². The number of rotatable bonds is 5. The normalized spacial score (nSPS) is 17.4. The summed E-state index contributed by atoms with van der Waals surface area (Å²) in [7, 11) is 1.79. The molecule has 1 aromatic rings. The molecule has 0 aromatic carbocycles. The number of aliphatic imine (C=N–C) groups is 1. The van der Waals surface area contributed by atoms with Crippen LogP contribution in [0.15, 0.2) is 35.2 Å². The summed E-state index contributed by atoms with van der Waals surface area (Å²) in [5.41, 5.74) is 2.27. The molecule has 2 rings (SSSR count). The van der Waals surface area contributed by atoms with Crippen LogP contribution in [0.5, 0.6) is 0 Å². The van der Waals surface area contributed by atoms with Gasteiger partial charge < -0.3 is 5.32 Å². The SMILES string of the molecule is C/C=C(F)\C(=N/CNC)c1ccnc(C2CCC2)c1. The van der Waals surface area contributed by atoms with Gasteiger partial charge in [0.05, 0.1) is 6.67 Å². The minimum atomic E-state index is -0.291.